The van der Waals surface area contributed by atoms with Crippen molar-refractivity contribution >= 4 is 5.91 Å². The van der Waals surface area contributed by atoms with Gasteiger partial charge in [0.05, 0.1) is 14.2 Å². The molecule has 0 radical (unpaired) electrons. The highest BCUT2D eigenvalue weighted by Gasteiger charge is 2.49. The Kier molecular flexibility index (Phi) is 6.02. The molecule has 0 N–H and O–H groups in total. The van der Waals surface area contributed by atoms with Crippen molar-refractivity contribution in [2.45, 2.75) is 44.3 Å². The van der Waals surface area contributed by atoms with Gasteiger partial charge in [0.1, 0.15) is 11.5 Å². The fourth-order valence-corrected chi connectivity index (χ4v) is 5.83. The molecule has 29 heavy (non-hydrogen) atoms. The Morgan fingerprint density at radius 3 is 2.41 bits per heavy atom. The highest BCUT2D eigenvalue weighted by atomic mass is 16.5. The number of amides is 1. The smallest absolute Gasteiger partial charge is 0.223 e. The first-order valence-electron chi connectivity index (χ1n) is 10.9. The zero-order valence-electron chi connectivity index (χ0n) is 18.3. The maximum absolute atomic E-state index is 12.8. The molecule has 3 saturated heterocycles. The summed E-state index contributed by atoms with van der Waals surface area (Å²) in [4.78, 5) is 20.0. The van der Waals surface area contributed by atoms with Gasteiger partial charge >= 0.3 is 0 Å². The first kappa shape index (κ1) is 20.5. The van der Waals surface area contributed by atoms with E-state index < -0.39 is 0 Å². The number of methoxy groups -OCH3 is 2. The molecular weight excluding hydrogens is 366 g/mol. The Labute approximate surface area is 174 Å². The molecule has 0 saturated carbocycles. The average molecular weight is 402 g/mol. The predicted molar refractivity (Wildman–Crippen MR) is 113 cm³/mol. The van der Waals surface area contributed by atoms with Gasteiger partial charge in [-0.3, -0.25) is 9.69 Å². The third kappa shape index (κ3) is 4.24. The molecule has 0 unspecified atom stereocenters. The van der Waals surface area contributed by atoms with Gasteiger partial charge < -0.3 is 19.3 Å². The van der Waals surface area contributed by atoms with Crippen LogP contribution in [0, 0.1) is 11.8 Å². The fourth-order valence-electron chi connectivity index (χ4n) is 5.83. The molecule has 3 fully saturated rings. The molecular formula is C23H35N3O3. The second-order valence-electron chi connectivity index (χ2n) is 9.26. The van der Waals surface area contributed by atoms with Gasteiger partial charge in [0.15, 0.2) is 0 Å². The van der Waals surface area contributed by atoms with Gasteiger partial charge in [-0.05, 0) is 62.9 Å². The van der Waals surface area contributed by atoms with Crippen LogP contribution in [0.3, 0.4) is 0 Å². The van der Waals surface area contributed by atoms with Crippen molar-refractivity contribution in [3.8, 4) is 11.5 Å². The number of likely N-dealkylation sites (tertiary alicyclic amines) is 1. The molecule has 3 aliphatic heterocycles. The highest BCUT2D eigenvalue weighted by Crippen LogP contribution is 2.42. The van der Waals surface area contributed by atoms with E-state index in [-0.39, 0.29) is 0 Å². The van der Waals surface area contributed by atoms with Crippen molar-refractivity contribution in [3.63, 3.8) is 0 Å². The molecule has 3 heterocycles. The topological polar surface area (TPSA) is 45.2 Å². The number of piperidine rings is 3. The maximum atomic E-state index is 12.8. The number of benzene rings is 1. The Hall–Kier alpha value is -1.79. The lowest BCUT2D eigenvalue weighted by Crippen LogP contribution is -2.66. The molecule has 1 aromatic carbocycles. The van der Waals surface area contributed by atoms with E-state index in [9.17, 15) is 4.79 Å². The number of carbonyl (C=O) groups is 1. The summed E-state index contributed by atoms with van der Waals surface area (Å²) in [5.41, 5.74) is 1.22. The van der Waals surface area contributed by atoms with Crippen molar-refractivity contribution < 1.29 is 14.3 Å². The second-order valence-corrected chi connectivity index (χ2v) is 9.26. The lowest BCUT2D eigenvalue weighted by atomic mass is 9.72. The van der Waals surface area contributed by atoms with Crippen LogP contribution in [0.5, 0.6) is 11.5 Å². The molecule has 160 valence electrons. The molecule has 0 aliphatic carbocycles. The van der Waals surface area contributed by atoms with Gasteiger partial charge in [0.25, 0.3) is 0 Å². The van der Waals surface area contributed by atoms with Gasteiger partial charge in [-0.1, -0.05) is 0 Å². The average Bonchev–Trinajstić information content (AvgIpc) is 2.70. The second kappa shape index (κ2) is 8.52. The van der Waals surface area contributed by atoms with Crippen LogP contribution in [0.2, 0.25) is 0 Å². The number of rotatable bonds is 6. The zero-order chi connectivity index (χ0) is 20.5. The van der Waals surface area contributed by atoms with E-state index in [1.54, 1.807) is 14.2 Å². The van der Waals surface area contributed by atoms with Crippen molar-refractivity contribution in [2.75, 3.05) is 47.9 Å². The highest BCUT2D eigenvalue weighted by molar-refractivity contribution is 5.78. The molecule has 1 amide bonds. The number of carbonyl (C=O) groups excluding carboxylic acids is 1. The number of hydrogen-bond donors (Lipinski definition) is 0. The molecule has 3 aliphatic rings. The molecule has 6 nitrogen and oxygen atoms in total. The van der Waals surface area contributed by atoms with E-state index in [1.807, 2.05) is 6.07 Å². The lowest BCUT2D eigenvalue weighted by molar-refractivity contribution is -0.153. The van der Waals surface area contributed by atoms with Crippen LogP contribution in [-0.4, -0.2) is 80.6 Å². The molecule has 0 spiro atoms. The minimum Gasteiger partial charge on any atom is -0.497 e. The van der Waals surface area contributed by atoms with Crippen molar-refractivity contribution in [2.24, 2.45) is 11.8 Å². The maximum Gasteiger partial charge on any atom is 0.223 e. The van der Waals surface area contributed by atoms with Crippen LogP contribution in [-0.2, 0) is 11.3 Å². The summed E-state index contributed by atoms with van der Waals surface area (Å²) >= 11 is 0. The molecule has 6 heteroatoms. The molecule has 2 bridgehead atoms. The number of ether oxygens (including phenoxy) is 2. The van der Waals surface area contributed by atoms with Gasteiger partial charge in [0.2, 0.25) is 5.91 Å². The zero-order valence-corrected chi connectivity index (χ0v) is 18.3. The molecule has 4 rings (SSSR count). The number of likely N-dealkylation sites (N-methyl/N-ethyl adjacent to an activating group) is 1. The van der Waals surface area contributed by atoms with Crippen molar-refractivity contribution in [3.05, 3.63) is 23.8 Å². The van der Waals surface area contributed by atoms with E-state index >= 15 is 0 Å². The standard InChI is InChI=1S/C23H35N3O3/c1-24(2)15-22-18-10-17(21-6-5-7-23(27)26(21)22)13-25(14-18)12-16-8-19(28-3)11-20(9-16)29-4/h8-9,11,17-18,21-22H,5-7,10,12-15H2,1-4H3/t17-,18+,21+,22+/m1/s1. The molecule has 0 aromatic heterocycles. The van der Waals surface area contributed by atoms with Crippen LogP contribution in [0.1, 0.15) is 31.2 Å². The van der Waals surface area contributed by atoms with Crippen LogP contribution >= 0.6 is 0 Å². The summed E-state index contributed by atoms with van der Waals surface area (Å²) in [6.45, 7) is 3.97. The van der Waals surface area contributed by atoms with Gasteiger partial charge in [-0.15, -0.1) is 0 Å². The molecule has 4 atom stereocenters. The van der Waals surface area contributed by atoms with Crippen LogP contribution < -0.4 is 9.47 Å². The monoisotopic (exact) mass is 401 g/mol. The lowest BCUT2D eigenvalue weighted by Gasteiger charge is -2.57. The number of nitrogens with zero attached hydrogens (tertiary/aromatic N) is 3. The van der Waals surface area contributed by atoms with Gasteiger partial charge in [0, 0.05) is 50.7 Å². The Balaban J connectivity index is 1.55. The van der Waals surface area contributed by atoms with E-state index in [2.05, 4.69) is 40.9 Å². The quantitative estimate of drug-likeness (QED) is 0.733. The normalized spacial score (nSPS) is 29.7. The Bertz CT molecular complexity index is 716. The third-order valence-corrected chi connectivity index (χ3v) is 6.94. The first-order valence-corrected chi connectivity index (χ1v) is 10.9. The van der Waals surface area contributed by atoms with E-state index in [0.717, 1.165) is 56.9 Å². The number of fused-ring (bicyclic) bond motifs is 4. The van der Waals surface area contributed by atoms with Crippen molar-refractivity contribution in [1.29, 1.82) is 0 Å². The summed E-state index contributed by atoms with van der Waals surface area (Å²) in [6, 6.07) is 6.90. The third-order valence-electron chi connectivity index (χ3n) is 6.94. The van der Waals surface area contributed by atoms with Gasteiger partial charge in [-0.25, -0.2) is 0 Å². The summed E-state index contributed by atoms with van der Waals surface area (Å²) in [6.07, 6.45) is 4.19. The SMILES string of the molecule is COc1cc(CN2C[C@H]3C[C@@H](C2)[C@H](CN(C)C)N2C(=O)CCC[C@@H]32)cc(OC)c1. The largest absolute Gasteiger partial charge is 0.497 e. The first-order chi connectivity index (χ1) is 14.0. The molecule has 1 aromatic rings. The van der Waals surface area contributed by atoms with Crippen LogP contribution in [0.15, 0.2) is 18.2 Å². The van der Waals surface area contributed by atoms with Crippen LogP contribution in [0.4, 0.5) is 0 Å². The van der Waals surface area contributed by atoms with E-state index in [0.29, 0.717) is 29.8 Å². The fraction of sp³-hybridized carbons (Fsp3) is 0.696. The predicted octanol–water partition coefficient (Wildman–Crippen LogP) is 2.47. The summed E-state index contributed by atoms with van der Waals surface area (Å²) in [5, 5.41) is 0. The Morgan fingerprint density at radius 1 is 1.07 bits per heavy atom. The minimum absolute atomic E-state index is 0.335. The Morgan fingerprint density at radius 2 is 1.76 bits per heavy atom. The summed E-state index contributed by atoms with van der Waals surface area (Å²) in [5.74, 6) is 3.19. The van der Waals surface area contributed by atoms with Crippen molar-refractivity contribution in [1.82, 2.24) is 14.7 Å². The van der Waals surface area contributed by atoms with Crippen LogP contribution in [0.25, 0.3) is 0 Å². The minimum atomic E-state index is 0.335. The van der Waals surface area contributed by atoms with E-state index in [4.69, 9.17) is 9.47 Å². The number of hydrogen-bond acceptors (Lipinski definition) is 5. The summed E-state index contributed by atoms with van der Waals surface area (Å²) < 4.78 is 10.9. The van der Waals surface area contributed by atoms with E-state index in [1.165, 1.54) is 12.0 Å². The summed E-state index contributed by atoms with van der Waals surface area (Å²) in [7, 11) is 7.64. The van der Waals surface area contributed by atoms with Gasteiger partial charge in [-0.2, -0.15) is 0 Å².